The SMILES string of the molecule is CNc1cncc(C(=O)O)c1OC1CC1. The van der Waals surface area contributed by atoms with Gasteiger partial charge in [-0.15, -0.1) is 0 Å². The summed E-state index contributed by atoms with van der Waals surface area (Å²) in [7, 11) is 1.71. The van der Waals surface area contributed by atoms with Crippen molar-refractivity contribution in [2.45, 2.75) is 18.9 Å². The number of aromatic carboxylic acids is 1. The zero-order chi connectivity index (χ0) is 10.8. The fraction of sp³-hybridized carbons (Fsp3) is 0.400. The van der Waals surface area contributed by atoms with Crippen LogP contribution in [-0.2, 0) is 0 Å². The molecule has 1 fully saturated rings. The van der Waals surface area contributed by atoms with E-state index in [-0.39, 0.29) is 11.7 Å². The van der Waals surface area contributed by atoms with Gasteiger partial charge in [-0.3, -0.25) is 4.98 Å². The van der Waals surface area contributed by atoms with E-state index >= 15 is 0 Å². The molecule has 80 valence electrons. The maximum Gasteiger partial charge on any atom is 0.341 e. The van der Waals surface area contributed by atoms with E-state index in [0.29, 0.717) is 11.4 Å². The number of aromatic nitrogens is 1. The van der Waals surface area contributed by atoms with Crippen LogP contribution in [0.3, 0.4) is 0 Å². The van der Waals surface area contributed by atoms with Crippen LogP contribution in [0.5, 0.6) is 5.75 Å². The summed E-state index contributed by atoms with van der Waals surface area (Å²) in [5, 5.41) is 11.8. The molecule has 1 aliphatic carbocycles. The molecule has 1 aromatic heterocycles. The number of carboxylic acid groups (broad SMARTS) is 1. The van der Waals surface area contributed by atoms with E-state index < -0.39 is 5.97 Å². The minimum absolute atomic E-state index is 0.105. The van der Waals surface area contributed by atoms with Crippen LogP contribution in [-0.4, -0.2) is 29.2 Å². The van der Waals surface area contributed by atoms with Crippen molar-refractivity contribution >= 4 is 11.7 Å². The van der Waals surface area contributed by atoms with Crippen LogP contribution in [0, 0.1) is 0 Å². The first kappa shape index (κ1) is 9.76. The number of pyridine rings is 1. The number of nitrogens with one attached hydrogen (secondary N) is 1. The van der Waals surface area contributed by atoms with Gasteiger partial charge in [0.15, 0.2) is 5.75 Å². The smallest absolute Gasteiger partial charge is 0.341 e. The Kier molecular flexibility index (Phi) is 2.45. The molecule has 0 aliphatic heterocycles. The Morgan fingerprint density at radius 1 is 1.60 bits per heavy atom. The lowest BCUT2D eigenvalue weighted by molar-refractivity contribution is 0.0691. The number of rotatable bonds is 4. The molecule has 0 spiro atoms. The molecule has 1 saturated carbocycles. The number of nitrogens with zero attached hydrogens (tertiary/aromatic N) is 1. The number of hydrogen-bond acceptors (Lipinski definition) is 4. The van der Waals surface area contributed by atoms with E-state index in [2.05, 4.69) is 10.3 Å². The Hall–Kier alpha value is -1.78. The van der Waals surface area contributed by atoms with Gasteiger partial charge in [-0.25, -0.2) is 4.79 Å². The van der Waals surface area contributed by atoms with Gasteiger partial charge in [0.1, 0.15) is 5.56 Å². The molecule has 2 rings (SSSR count). The van der Waals surface area contributed by atoms with Gasteiger partial charge >= 0.3 is 5.97 Å². The van der Waals surface area contributed by atoms with Gasteiger partial charge in [-0.2, -0.15) is 0 Å². The lowest BCUT2D eigenvalue weighted by atomic mass is 10.2. The van der Waals surface area contributed by atoms with Gasteiger partial charge in [0.2, 0.25) is 0 Å². The third-order valence-corrected chi connectivity index (χ3v) is 2.21. The molecule has 0 amide bonds. The lowest BCUT2D eigenvalue weighted by Gasteiger charge is -2.12. The second-order valence-corrected chi connectivity index (χ2v) is 3.44. The monoisotopic (exact) mass is 208 g/mol. The third kappa shape index (κ3) is 2.01. The standard InChI is InChI=1S/C10H12N2O3/c1-11-8-5-12-4-7(10(13)14)9(8)15-6-2-3-6/h4-6,11H,2-3H2,1H3,(H,13,14). The summed E-state index contributed by atoms with van der Waals surface area (Å²) in [6.07, 6.45) is 5.01. The maximum atomic E-state index is 10.9. The summed E-state index contributed by atoms with van der Waals surface area (Å²) in [6.45, 7) is 0. The van der Waals surface area contributed by atoms with E-state index in [0.717, 1.165) is 12.8 Å². The first-order chi connectivity index (χ1) is 7.22. The Bertz CT molecular complexity index is 388. The van der Waals surface area contributed by atoms with Crippen LogP contribution in [0.2, 0.25) is 0 Å². The van der Waals surface area contributed by atoms with E-state index in [1.807, 2.05) is 0 Å². The quantitative estimate of drug-likeness (QED) is 0.781. The third-order valence-electron chi connectivity index (χ3n) is 2.21. The second kappa shape index (κ2) is 3.76. The highest BCUT2D eigenvalue weighted by Crippen LogP contribution is 2.34. The van der Waals surface area contributed by atoms with Gasteiger partial charge < -0.3 is 15.2 Å². The van der Waals surface area contributed by atoms with Crippen LogP contribution in [0.4, 0.5) is 5.69 Å². The van der Waals surface area contributed by atoms with Crippen molar-refractivity contribution in [3.63, 3.8) is 0 Å². The molecule has 15 heavy (non-hydrogen) atoms. The summed E-state index contributed by atoms with van der Waals surface area (Å²) in [5.74, 6) is -0.627. The molecule has 0 bridgehead atoms. The molecule has 1 aromatic rings. The molecule has 1 heterocycles. The number of hydrogen-bond donors (Lipinski definition) is 2. The molecule has 1 aliphatic rings. The van der Waals surface area contributed by atoms with Crippen molar-refractivity contribution in [2.75, 3.05) is 12.4 Å². The summed E-state index contributed by atoms with van der Waals surface area (Å²) >= 11 is 0. The Morgan fingerprint density at radius 3 is 2.87 bits per heavy atom. The molecule has 0 saturated heterocycles. The average molecular weight is 208 g/mol. The van der Waals surface area contributed by atoms with Gasteiger partial charge in [0.25, 0.3) is 0 Å². The van der Waals surface area contributed by atoms with Crippen molar-refractivity contribution in [2.24, 2.45) is 0 Å². The molecular weight excluding hydrogens is 196 g/mol. The zero-order valence-electron chi connectivity index (χ0n) is 8.36. The van der Waals surface area contributed by atoms with Crippen molar-refractivity contribution in [3.05, 3.63) is 18.0 Å². The highest BCUT2D eigenvalue weighted by atomic mass is 16.5. The average Bonchev–Trinajstić information content (AvgIpc) is 3.01. The highest BCUT2D eigenvalue weighted by Gasteiger charge is 2.27. The largest absolute Gasteiger partial charge is 0.487 e. The van der Waals surface area contributed by atoms with Crippen molar-refractivity contribution < 1.29 is 14.6 Å². The maximum absolute atomic E-state index is 10.9. The van der Waals surface area contributed by atoms with E-state index in [1.54, 1.807) is 13.2 Å². The number of carbonyl (C=O) groups is 1. The topological polar surface area (TPSA) is 71.5 Å². The fourth-order valence-corrected chi connectivity index (χ4v) is 1.26. The van der Waals surface area contributed by atoms with Gasteiger partial charge in [-0.05, 0) is 12.8 Å². The molecular formula is C10H12N2O3. The Balaban J connectivity index is 2.38. The predicted octanol–water partition coefficient (Wildman–Crippen LogP) is 1.36. The number of ether oxygens (including phenoxy) is 1. The van der Waals surface area contributed by atoms with Gasteiger partial charge in [-0.1, -0.05) is 0 Å². The highest BCUT2D eigenvalue weighted by molar-refractivity contribution is 5.92. The lowest BCUT2D eigenvalue weighted by Crippen LogP contribution is -2.08. The second-order valence-electron chi connectivity index (χ2n) is 3.44. The van der Waals surface area contributed by atoms with Crippen LogP contribution in [0.1, 0.15) is 23.2 Å². The summed E-state index contributed by atoms with van der Waals surface area (Å²) in [4.78, 5) is 14.8. The van der Waals surface area contributed by atoms with Crippen molar-refractivity contribution in [1.82, 2.24) is 4.98 Å². The van der Waals surface area contributed by atoms with Crippen molar-refractivity contribution in [1.29, 1.82) is 0 Å². The number of carboxylic acids is 1. The predicted molar refractivity (Wildman–Crippen MR) is 54.4 cm³/mol. The number of anilines is 1. The zero-order valence-corrected chi connectivity index (χ0v) is 8.36. The molecule has 5 nitrogen and oxygen atoms in total. The van der Waals surface area contributed by atoms with Gasteiger partial charge in [0, 0.05) is 13.2 Å². The van der Waals surface area contributed by atoms with Crippen LogP contribution < -0.4 is 10.1 Å². The summed E-state index contributed by atoms with van der Waals surface area (Å²) < 4.78 is 5.56. The van der Waals surface area contributed by atoms with Crippen LogP contribution >= 0.6 is 0 Å². The first-order valence-corrected chi connectivity index (χ1v) is 4.78. The van der Waals surface area contributed by atoms with Crippen LogP contribution in [0.25, 0.3) is 0 Å². The minimum Gasteiger partial charge on any atom is -0.487 e. The molecule has 5 heteroatoms. The molecule has 0 atom stereocenters. The molecule has 0 radical (unpaired) electrons. The van der Waals surface area contributed by atoms with Crippen molar-refractivity contribution in [3.8, 4) is 5.75 Å². The van der Waals surface area contributed by atoms with E-state index in [9.17, 15) is 4.79 Å². The Morgan fingerprint density at radius 2 is 2.33 bits per heavy atom. The van der Waals surface area contributed by atoms with Crippen LogP contribution in [0.15, 0.2) is 12.4 Å². The minimum atomic E-state index is -1.02. The molecule has 0 aromatic carbocycles. The normalized spacial score (nSPS) is 14.7. The van der Waals surface area contributed by atoms with E-state index in [1.165, 1.54) is 6.20 Å². The molecule has 2 N–H and O–H groups in total. The summed E-state index contributed by atoms with van der Waals surface area (Å²) in [5.41, 5.74) is 0.718. The van der Waals surface area contributed by atoms with Gasteiger partial charge in [0.05, 0.1) is 18.0 Å². The fourth-order valence-electron chi connectivity index (χ4n) is 1.26. The Labute approximate surface area is 87.1 Å². The molecule has 0 unspecified atom stereocenters. The first-order valence-electron chi connectivity index (χ1n) is 4.78. The summed E-state index contributed by atoms with van der Waals surface area (Å²) in [6, 6.07) is 0. The van der Waals surface area contributed by atoms with E-state index in [4.69, 9.17) is 9.84 Å².